The number of aliphatic hydroxyl groups excluding tert-OH is 1. The van der Waals surface area contributed by atoms with Crippen molar-refractivity contribution in [2.45, 2.75) is 62.8 Å². The quantitative estimate of drug-likeness (QED) is 0.452. The number of ether oxygens (including phenoxy) is 1. The largest absolute Gasteiger partial charge is 0.463 e. The van der Waals surface area contributed by atoms with Crippen LogP contribution in [-0.2, 0) is 24.9 Å². The van der Waals surface area contributed by atoms with E-state index in [1.807, 2.05) is 30.4 Å². The molecule has 2 heterocycles. The Morgan fingerprint density at radius 2 is 2.00 bits per heavy atom. The number of aliphatic hydroxyl groups is 1. The highest BCUT2D eigenvalue weighted by molar-refractivity contribution is 7.98. The van der Waals surface area contributed by atoms with Crippen LogP contribution in [0, 0.1) is 5.92 Å². The highest BCUT2D eigenvalue weighted by Crippen LogP contribution is 2.22. The maximum Gasteiger partial charge on any atom is 0.305 e. The lowest BCUT2D eigenvalue weighted by atomic mass is 9.98. The number of benzene rings is 1. The molecule has 0 spiro atoms. The van der Waals surface area contributed by atoms with E-state index < -0.39 is 5.92 Å². The van der Waals surface area contributed by atoms with Crippen LogP contribution in [0.15, 0.2) is 42.5 Å². The number of carbonyl (C=O) groups excluding carboxylic acids is 3. The Morgan fingerprint density at radius 1 is 1.18 bits per heavy atom. The molecular weight excluding hydrogens is 452 g/mol. The van der Waals surface area contributed by atoms with Gasteiger partial charge in [-0.2, -0.15) is 11.8 Å². The maximum atomic E-state index is 13.2. The summed E-state index contributed by atoms with van der Waals surface area (Å²) in [7, 11) is 0. The second-order valence-electron chi connectivity index (χ2n) is 8.96. The van der Waals surface area contributed by atoms with Crippen molar-refractivity contribution in [3.63, 3.8) is 0 Å². The molecular formula is C26H36N2O5S. The first-order chi connectivity index (χ1) is 16.6. The fraction of sp³-hybridized carbons (Fsp3) is 0.577. The van der Waals surface area contributed by atoms with Crippen LogP contribution in [0.3, 0.4) is 0 Å². The van der Waals surface area contributed by atoms with E-state index in [4.69, 9.17) is 4.74 Å². The summed E-state index contributed by atoms with van der Waals surface area (Å²) in [5, 5.41) is 12.6. The highest BCUT2D eigenvalue weighted by Gasteiger charge is 2.31. The third kappa shape index (κ3) is 8.47. The Labute approximate surface area is 206 Å². The number of amides is 2. The van der Waals surface area contributed by atoms with Crippen molar-refractivity contribution in [1.82, 2.24) is 10.2 Å². The van der Waals surface area contributed by atoms with E-state index in [1.165, 1.54) is 5.56 Å². The van der Waals surface area contributed by atoms with Gasteiger partial charge in [0.05, 0.1) is 24.6 Å². The topological polar surface area (TPSA) is 95.9 Å². The first kappa shape index (κ1) is 26.3. The average molecular weight is 489 g/mol. The predicted molar refractivity (Wildman–Crippen MR) is 133 cm³/mol. The molecule has 3 unspecified atom stereocenters. The molecule has 0 bridgehead atoms. The molecule has 1 fully saturated rings. The summed E-state index contributed by atoms with van der Waals surface area (Å²) < 4.78 is 5.45. The summed E-state index contributed by atoms with van der Waals surface area (Å²) in [6, 6.07) is 9.60. The van der Waals surface area contributed by atoms with Crippen LogP contribution in [0.25, 0.3) is 0 Å². The van der Waals surface area contributed by atoms with Crippen LogP contribution in [0.5, 0.6) is 0 Å². The van der Waals surface area contributed by atoms with Gasteiger partial charge in [0.2, 0.25) is 11.8 Å². The molecule has 34 heavy (non-hydrogen) atoms. The van der Waals surface area contributed by atoms with Crippen molar-refractivity contribution in [3.8, 4) is 0 Å². The zero-order valence-electron chi connectivity index (χ0n) is 19.7. The fourth-order valence-electron chi connectivity index (χ4n) is 4.32. The number of hydrogen-bond donors (Lipinski definition) is 2. The van der Waals surface area contributed by atoms with Crippen molar-refractivity contribution < 1.29 is 24.2 Å². The maximum absolute atomic E-state index is 13.2. The van der Waals surface area contributed by atoms with Gasteiger partial charge in [-0.15, -0.1) is 0 Å². The Morgan fingerprint density at radius 3 is 2.79 bits per heavy atom. The number of thioether (sulfide) groups is 1. The number of carbonyl (C=O) groups is 3. The predicted octanol–water partition coefficient (Wildman–Crippen LogP) is 3.07. The van der Waals surface area contributed by atoms with E-state index in [1.54, 1.807) is 16.7 Å². The summed E-state index contributed by atoms with van der Waals surface area (Å²) in [4.78, 5) is 40.0. The first-order valence-electron chi connectivity index (χ1n) is 12.2. The first-order valence-corrected chi connectivity index (χ1v) is 13.3. The lowest BCUT2D eigenvalue weighted by molar-refractivity contribution is -0.145. The Hall–Kier alpha value is -2.32. The Kier molecular flexibility index (Phi) is 11.0. The minimum Gasteiger partial charge on any atom is -0.463 e. The van der Waals surface area contributed by atoms with Gasteiger partial charge in [0.25, 0.3) is 0 Å². The average Bonchev–Trinajstić information content (AvgIpc) is 3.33. The third-order valence-electron chi connectivity index (χ3n) is 6.26. The lowest BCUT2D eigenvalue weighted by Crippen LogP contribution is -2.45. The molecule has 8 heteroatoms. The highest BCUT2D eigenvalue weighted by atomic mass is 32.2. The molecule has 0 aliphatic carbocycles. The van der Waals surface area contributed by atoms with Gasteiger partial charge in [-0.1, -0.05) is 42.5 Å². The molecule has 3 rings (SSSR count). The molecule has 1 aromatic carbocycles. The molecule has 186 valence electrons. The monoisotopic (exact) mass is 488 g/mol. The van der Waals surface area contributed by atoms with E-state index >= 15 is 0 Å². The van der Waals surface area contributed by atoms with Crippen molar-refractivity contribution >= 4 is 29.5 Å². The fourth-order valence-corrected chi connectivity index (χ4v) is 5.33. The molecule has 2 amide bonds. The summed E-state index contributed by atoms with van der Waals surface area (Å²) in [6.45, 7) is 0.705. The summed E-state index contributed by atoms with van der Waals surface area (Å²) in [6.07, 6.45) is 7.92. The van der Waals surface area contributed by atoms with E-state index in [0.717, 1.165) is 25.0 Å². The summed E-state index contributed by atoms with van der Waals surface area (Å²) in [5.41, 5.74) is 1.19. The van der Waals surface area contributed by atoms with Gasteiger partial charge in [-0.25, -0.2) is 0 Å². The van der Waals surface area contributed by atoms with Gasteiger partial charge in [-0.3, -0.25) is 14.4 Å². The minimum absolute atomic E-state index is 0.0470. The van der Waals surface area contributed by atoms with Gasteiger partial charge in [0.1, 0.15) is 6.61 Å². The number of nitrogens with zero attached hydrogens (tertiary/aromatic N) is 1. The van der Waals surface area contributed by atoms with Crippen LogP contribution in [0.4, 0.5) is 0 Å². The van der Waals surface area contributed by atoms with Crippen LogP contribution >= 0.6 is 11.8 Å². The minimum atomic E-state index is -0.498. The molecule has 1 saturated heterocycles. The summed E-state index contributed by atoms with van der Waals surface area (Å²) >= 11 is 1.67. The van der Waals surface area contributed by atoms with Gasteiger partial charge >= 0.3 is 5.97 Å². The molecule has 0 radical (unpaired) electrons. The molecule has 1 aromatic rings. The van der Waals surface area contributed by atoms with Crippen molar-refractivity contribution in [3.05, 3.63) is 48.0 Å². The number of hydrogen-bond acceptors (Lipinski definition) is 6. The second-order valence-corrected chi connectivity index (χ2v) is 9.99. The van der Waals surface area contributed by atoms with Crippen LogP contribution in [0.2, 0.25) is 0 Å². The molecule has 2 aliphatic heterocycles. The van der Waals surface area contributed by atoms with Crippen molar-refractivity contribution in [1.29, 1.82) is 0 Å². The molecule has 3 atom stereocenters. The van der Waals surface area contributed by atoms with E-state index in [-0.39, 0.29) is 49.5 Å². The van der Waals surface area contributed by atoms with Gasteiger partial charge in [-0.05, 0) is 37.7 Å². The smallest absolute Gasteiger partial charge is 0.305 e. The number of allylic oxidation sites excluding steroid dienone is 2. The zero-order chi connectivity index (χ0) is 24.2. The summed E-state index contributed by atoms with van der Waals surface area (Å²) in [5.74, 6) is 0.360. The molecule has 0 saturated carbocycles. The van der Waals surface area contributed by atoms with E-state index in [2.05, 4.69) is 17.4 Å². The third-order valence-corrected chi connectivity index (χ3v) is 7.44. The van der Waals surface area contributed by atoms with Crippen LogP contribution in [0.1, 0.15) is 50.5 Å². The van der Waals surface area contributed by atoms with Gasteiger partial charge in [0, 0.05) is 30.9 Å². The molecule has 2 aliphatic rings. The van der Waals surface area contributed by atoms with Crippen molar-refractivity contribution in [2.75, 3.05) is 25.5 Å². The second kappa shape index (κ2) is 14.2. The standard InChI is InChI=1S/C26H36N2O5S/c29-16-23-12-8-14-28(23)24(30)15-21-11-6-1-2-7-13-25(31)33-17-22(27-26(21)32)19-34-18-20-9-4-3-5-10-20/h1,3-6,9-10,21-23,29H,2,7-8,11-19H2,(H,27,32). The van der Waals surface area contributed by atoms with Crippen LogP contribution in [-0.4, -0.2) is 65.4 Å². The molecule has 2 N–H and O–H groups in total. The van der Waals surface area contributed by atoms with E-state index in [9.17, 15) is 19.5 Å². The van der Waals surface area contributed by atoms with E-state index in [0.29, 0.717) is 31.6 Å². The lowest BCUT2D eigenvalue weighted by Gasteiger charge is -2.26. The SMILES string of the molecule is O=C1CCCC=CCC(CC(=O)N2CCCC2CO)C(=O)NC(CSCc2ccccc2)CO1. The van der Waals surface area contributed by atoms with Crippen molar-refractivity contribution in [2.24, 2.45) is 5.92 Å². The van der Waals surface area contributed by atoms with Crippen LogP contribution < -0.4 is 5.32 Å². The zero-order valence-corrected chi connectivity index (χ0v) is 20.5. The number of nitrogens with one attached hydrogen (secondary N) is 1. The number of cyclic esters (lactones) is 1. The molecule has 7 nitrogen and oxygen atoms in total. The number of esters is 1. The number of likely N-dealkylation sites (tertiary alicyclic amines) is 1. The molecule has 0 aromatic heterocycles. The Balaban J connectivity index is 1.64. The normalized spacial score (nSPS) is 24.5. The Bertz CT molecular complexity index is 832. The van der Waals surface area contributed by atoms with Gasteiger partial charge in [0.15, 0.2) is 0 Å². The van der Waals surface area contributed by atoms with Gasteiger partial charge < -0.3 is 20.1 Å². The number of rotatable bonds is 7.